The number of ether oxygens (including phenoxy) is 1. The summed E-state index contributed by atoms with van der Waals surface area (Å²) in [5, 5.41) is 14.2. The highest BCUT2D eigenvalue weighted by molar-refractivity contribution is 5.99. The predicted molar refractivity (Wildman–Crippen MR) is 122 cm³/mol. The third kappa shape index (κ3) is 3.67. The fourth-order valence-corrected chi connectivity index (χ4v) is 4.37. The molecular weight excluding hydrogens is 422 g/mol. The second kappa shape index (κ2) is 7.88. The van der Waals surface area contributed by atoms with Crippen molar-refractivity contribution >= 4 is 16.8 Å². The first-order chi connectivity index (χ1) is 15.8. The van der Waals surface area contributed by atoms with E-state index >= 15 is 0 Å². The van der Waals surface area contributed by atoms with E-state index in [9.17, 15) is 9.59 Å². The first kappa shape index (κ1) is 20.9. The number of hydrogen-bond acceptors (Lipinski definition) is 6. The second-order valence-corrected chi connectivity index (χ2v) is 8.49. The Bertz CT molecular complexity index is 1430. The van der Waals surface area contributed by atoms with Crippen molar-refractivity contribution in [2.75, 3.05) is 20.2 Å². The molecule has 10 nitrogen and oxygen atoms in total. The largest absolute Gasteiger partial charge is 0.481 e. The lowest BCUT2D eigenvalue weighted by atomic mass is 9.98. The van der Waals surface area contributed by atoms with Crippen molar-refractivity contribution < 1.29 is 9.53 Å². The Kier molecular flexibility index (Phi) is 4.99. The van der Waals surface area contributed by atoms with E-state index in [0.29, 0.717) is 42.4 Å². The number of aromatic nitrogens is 6. The molecule has 0 atom stereocenters. The molecular formula is C23H25N7O3. The maximum absolute atomic E-state index is 12.9. The van der Waals surface area contributed by atoms with E-state index in [-0.39, 0.29) is 17.4 Å². The normalized spacial score (nSPS) is 14.0. The molecule has 33 heavy (non-hydrogen) atoms. The van der Waals surface area contributed by atoms with Crippen LogP contribution in [0.25, 0.3) is 16.7 Å². The number of likely N-dealkylation sites (tertiary alicyclic amines) is 1. The Labute approximate surface area is 190 Å². The van der Waals surface area contributed by atoms with E-state index in [1.165, 1.54) is 10.7 Å². The molecule has 4 aromatic rings. The van der Waals surface area contributed by atoms with Crippen LogP contribution in [-0.4, -0.2) is 60.3 Å². The Hall–Kier alpha value is -3.95. The molecule has 5 rings (SSSR count). The summed E-state index contributed by atoms with van der Waals surface area (Å²) in [5.74, 6) is 1.38. The van der Waals surface area contributed by atoms with Gasteiger partial charge in [0.25, 0.3) is 11.5 Å². The number of hydrogen-bond donors (Lipinski definition) is 0. The van der Waals surface area contributed by atoms with Crippen LogP contribution < -0.4 is 10.3 Å². The first-order valence-electron chi connectivity index (χ1n) is 10.8. The number of amides is 1. The van der Waals surface area contributed by atoms with E-state index in [0.717, 1.165) is 16.8 Å². The summed E-state index contributed by atoms with van der Waals surface area (Å²) in [6, 6.07) is 10.6. The van der Waals surface area contributed by atoms with Gasteiger partial charge in [-0.1, -0.05) is 0 Å². The molecule has 10 heteroatoms. The van der Waals surface area contributed by atoms with Gasteiger partial charge in [0.15, 0.2) is 5.82 Å². The number of nitrogens with zero attached hydrogens (tertiary/aromatic N) is 7. The minimum absolute atomic E-state index is 0.0468. The molecule has 1 saturated heterocycles. The highest BCUT2D eigenvalue weighted by Gasteiger charge is 2.32. The van der Waals surface area contributed by atoms with Gasteiger partial charge in [-0.3, -0.25) is 9.59 Å². The van der Waals surface area contributed by atoms with Crippen LogP contribution in [0.5, 0.6) is 5.88 Å². The molecule has 1 fully saturated rings. The summed E-state index contributed by atoms with van der Waals surface area (Å²) < 4.78 is 10.2. The van der Waals surface area contributed by atoms with Crippen LogP contribution in [0.2, 0.25) is 0 Å². The number of benzene rings is 1. The Balaban J connectivity index is 1.28. The number of fused-ring (bicyclic) bond motifs is 1. The zero-order valence-electron chi connectivity index (χ0n) is 19.0. The van der Waals surface area contributed by atoms with Gasteiger partial charge in [0, 0.05) is 43.4 Å². The lowest BCUT2D eigenvalue weighted by Crippen LogP contribution is -2.52. The van der Waals surface area contributed by atoms with E-state index in [1.54, 1.807) is 46.6 Å². The van der Waals surface area contributed by atoms with Gasteiger partial charge in [-0.2, -0.15) is 10.2 Å². The summed E-state index contributed by atoms with van der Waals surface area (Å²) >= 11 is 0. The summed E-state index contributed by atoms with van der Waals surface area (Å²) in [6.07, 6.45) is 0. The molecule has 0 bridgehead atoms. The molecule has 1 aromatic carbocycles. The maximum Gasteiger partial charge on any atom is 0.266 e. The average molecular weight is 447 g/mol. The van der Waals surface area contributed by atoms with Gasteiger partial charge in [-0.25, -0.2) is 14.0 Å². The van der Waals surface area contributed by atoms with Crippen LogP contribution in [0.4, 0.5) is 0 Å². The monoisotopic (exact) mass is 447 g/mol. The molecule has 1 aliphatic heterocycles. The summed E-state index contributed by atoms with van der Waals surface area (Å²) in [4.78, 5) is 27.1. The summed E-state index contributed by atoms with van der Waals surface area (Å²) in [6.45, 7) is 5.46. The Morgan fingerprint density at radius 3 is 2.58 bits per heavy atom. The van der Waals surface area contributed by atoms with Gasteiger partial charge >= 0.3 is 0 Å². The van der Waals surface area contributed by atoms with Gasteiger partial charge in [-0.15, -0.1) is 5.10 Å². The molecule has 0 N–H and O–H groups in total. The topological polar surface area (TPSA) is 100 Å². The molecule has 4 heterocycles. The van der Waals surface area contributed by atoms with Gasteiger partial charge < -0.3 is 9.64 Å². The van der Waals surface area contributed by atoms with E-state index in [1.807, 2.05) is 26.0 Å². The fraction of sp³-hybridized carbons (Fsp3) is 0.348. The quantitative estimate of drug-likeness (QED) is 0.462. The van der Waals surface area contributed by atoms with E-state index < -0.39 is 0 Å². The SMILES string of the molecule is COc1c2ccc(C(=O)N3CC(Cn4nc(-n5nc(C)cc5C)ccc4=O)C3)cc2nn1C. The van der Waals surface area contributed by atoms with Crippen molar-refractivity contribution in [2.45, 2.75) is 20.4 Å². The minimum atomic E-state index is -0.167. The number of carbonyl (C=O) groups excluding carboxylic acids is 1. The van der Waals surface area contributed by atoms with Gasteiger partial charge in [0.2, 0.25) is 5.88 Å². The molecule has 170 valence electrons. The Morgan fingerprint density at radius 1 is 1.09 bits per heavy atom. The van der Waals surface area contributed by atoms with Crippen molar-refractivity contribution in [3.63, 3.8) is 0 Å². The van der Waals surface area contributed by atoms with E-state index in [2.05, 4.69) is 15.3 Å². The van der Waals surface area contributed by atoms with E-state index in [4.69, 9.17) is 4.74 Å². The number of carbonyl (C=O) groups is 1. The third-order valence-electron chi connectivity index (χ3n) is 5.97. The van der Waals surface area contributed by atoms with Crippen LogP contribution in [0.15, 0.2) is 41.2 Å². The van der Waals surface area contributed by atoms with Crippen molar-refractivity contribution in [1.29, 1.82) is 0 Å². The van der Waals surface area contributed by atoms with Crippen molar-refractivity contribution in [1.82, 2.24) is 34.2 Å². The molecule has 0 saturated carbocycles. The lowest BCUT2D eigenvalue weighted by Gasteiger charge is -2.39. The molecule has 0 spiro atoms. The number of aryl methyl sites for hydroxylation is 3. The zero-order chi connectivity index (χ0) is 23.3. The molecule has 1 aliphatic rings. The highest BCUT2D eigenvalue weighted by Crippen LogP contribution is 2.27. The van der Waals surface area contributed by atoms with Crippen molar-refractivity contribution in [2.24, 2.45) is 13.0 Å². The highest BCUT2D eigenvalue weighted by atomic mass is 16.5. The minimum Gasteiger partial charge on any atom is -0.481 e. The van der Waals surface area contributed by atoms with Crippen LogP contribution in [0.1, 0.15) is 21.7 Å². The van der Waals surface area contributed by atoms with Crippen LogP contribution in [0.3, 0.4) is 0 Å². The maximum atomic E-state index is 12.9. The smallest absolute Gasteiger partial charge is 0.266 e. The van der Waals surface area contributed by atoms with Gasteiger partial charge in [0.05, 0.1) is 30.3 Å². The van der Waals surface area contributed by atoms with Crippen molar-refractivity contribution in [3.05, 3.63) is 63.7 Å². The number of rotatable bonds is 5. The second-order valence-electron chi connectivity index (χ2n) is 8.49. The molecule has 0 aliphatic carbocycles. The lowest BCUT2D eigenvalue weighted by molar-refractivity contribution is 0.0458. The zero-order valence-corrected chi connectivity index (χ0v) is 19.0. The van der Waals surface area contributed by atoms with Crippen LogP contribution in [0, 0.1) is 19.8 Å². The Morgan fingerprint density at radius 2 is 1.88 bits per heavy atom. The average Bonchev–Trinajstić information content (AvgIpc) is 3.27. The fourth-order valence-electron chi connectivity index (χ4n) is 4.37. The van der Waals surface area contributed by atoms with Crippen molar-refractivity contribution in [3.8, 4) is 11.7 Å². The standard InChI is InChI=1S/C23H25N7O3/c1-14-9-15(2)30(24-14)20-7-8-21(31)29(26-20)13-16-11-28(12-16)22(32)17-5-6-18-19(10-17)25-27(3)23(18)33-4/h5-10,16H,11-13H2,1-4H3. The molecule has 0 radical (unpaired) electrons. The van der Waals surface area contributed by atoms with Crippen LogP contribution >= 0.6 is 0 Å². The van der Waals surface area contributed by atoms with Gasteiger partial charge in [0.1, 0.15) is 0 Å². The van der Waals surface area contributed by atoms with Crippen LogP contribution in [-0.2, 0) is 13.6 Å². The molecule has 3 aromatic heterocycles. The number of methoxy groups -OCH3 is 1. The summed E-state index contributed by atoms with van der Waals surface area (Å²) in [7, 11) is 3.41. The first-order valence-corrected chi connectivity index (χ1v) is 10.8. The predicted octanol–water partition coefficient (Wildman–Crippen LogP) is 1.71. The summed E-state index contributed by atoms with van der Waals surface area (Å²) in [5.41, 5.74) is 2.98. The third-order valence-corrected chi connectivity index (χ3v) is 5.97. The molecule has 0 unspecified atom stereocenters. The van der Waals surface area contributed by atoms with Gasteiger partial charge in [-0.05, 0) is 44.2 Å². The molecule has 1 amide bonds.